The van der Waals surface area contributed by atoms with Gasteiger partial charge in [0.15, 0.2) is 0 Å². The van der Waals surface area contributed by atoms with Gasteiger partial charge in [-0.05, 0) is 114 Å². The second-order valence-electron chi connectivity index (χ2n) is 14.9. The van der Waals surface area contributed by atoms with Crippen molar-refractivity contribution in [2.75, 3.05) is 37.6 Å². The normalized spacial score (nSPS) is 21.0. The van der Waals surface area contributed by atoms with Crippen LogP contribution in [0.15, 0.2) is 53.4 Å². The first-order valence-corrected chi connectivity index (χ1v) is 19.2. The van der Waals surface area contributed by atoms with E-state index in [9.17, 15) is 13.2 Å². The number of amides is 1. The lowest BCUT2D eigenvalue weighted by Crippen LogP contribution is -2.60. The topological polar surface area (TPSA) is 114 Å². The Hall–Kier alpha value is -3.54. The van der Waals surface area contributed by atoms with Crippen LogP contribution >= 0.6 is 0 Å². The van der Waals surface area contributed by atoms with E-state index in [1.807, 2.05) is 36.9 Å². The van der Waals surface area contributed by atoms with Crippen molar-refractivity contribution in [2.24, 2.45) is 11.3 Å². The molecule has 1 saturated heterocycles. The van der Waals surface area contributed by atoms with Gasteiger partial charge in [0, 0.05) is 29.8 Å². The van der Waals surface area contributed by atoms with Gasteiger partial charge in [-0.25, -0.2) is 18.1 Å². The van der Waals surface area contributed by atoms with Gasteiger partial charge >= 0.3 is 0 Å². The maximum Gasteiger partial charge on any atom is 0.264 e. The van der Waals surface area contributed by atoms with Gasteiger partial charge in [0.2, 0.25) is 11.8 Å². The summed E-state index contributed by atoms with van der Waals surface area (Å²) in [6, 6.07) is 13.9. The molecule has 11 heteroatoms. The molecule has 3 aromatic rings. The van der Waals surface area contributed by atoms with Gasteiger partial charge in [-0.2, -0.15) is 4.98 Å². The summed E-state index contributed by atoms with van der Waals surface area (Å²) in [6.07, 6.45) is 5.03. The average molecular weight is 690 g/mol. The van der Waals surface area contributed by atoms with Crippen molar-refractivity contribution in [3.05, 3.63) is 65.2 Å². The molecule has 1 atom stereocenters. The first kappa shape index (κ1) is 35.3. The van der Waals surface area contributed by atoms with E-state index >= 15 is 0 Å². The van der Waals surface area contributed by atoms with E-state index in [2.05, 4.69) is 47.3 Å². The number of nitrogens with zero attached hydrogens (tertiary/aromatic N) is 4. The number of aryl methyl sites for hydroxylation is 2. The van der Waals surface area contributed by atoms with Gasteiger partial charge in [-0.15, -0.1) is 0 Å². The number of piperidine rings is 1. The number of rotatable bonds is 8. The number of ether oxygens (including phenoxy) is 2. The molecule has 1 aliphatic carbocycles. The standard InChI is InChI=1S/C38H51N5O5S/c1-25(2)19-30-24-48-34-21-33(35-27(5)9-7-10-28(35)6)39-37(40-34)41-49(45,46)32-12-8-11-29(20-32)36(44)43(30)31-22-38(23-31)13-15-42(16-14-38)17-18-47-26(3)4/h7-12,20-21,25-26,30-31H,13-19,22-24H2,1-6H3,(H,39,40,41)/t30-/m1/s1. The van der Waals surface area contributed by atoms with E-state index < -0.39 is 10.0 Å². The lowest BCUT2D eigenvalue weighted by Gasteiger charge is -2.56. The van der Waals surface area contributed by atoms with Crippen LogP contribution in [0.25, 0.3) is 11.3 Å². The second-order valence-corrected chi connectivity index (χ2v) is 16.6. The first-order chi connectivity index (χ1) is 23.3. The van der Waals surface area contributed by atoms with Crippen LogP contribution in [0.5, 0.6) is 5.88 Å². The zero-order chi connectivity index (χ0) is 34.9. The lowest BCUT2D eigenvalue weighted by molar-refractivity contribution is -0.0563. The Kier molecular flexibility index (Phi) is 10.3. The zero-order valence-electron chi connectivity index (χ0n) is 29.7. The van der Waals surface area contributed by atoms with Crippen LogP contribution in [0.3, 0.4) is 0 Å². The van der Waals surface area contributed by atoms with E-state index in [0.717, 1.165) is 75.0 Å². The van der Waals surface area contributed by atoms with Gasteiger partial charge in [0.25, 0.3) is 15.9 Å². The molecule has 2 aliphatic heterocycles. The number of anilines is 1. The molecule has 1 saturated carbocycles. The van der Waals surface area contributed by atoms with Crippen molar-refractivity contribution in [1.82, 2.24) is 19.8 Å². The maximum absolute atomic E-state index is 14.6. The van der Waals surface area contributed by atoms with Crippen LogP contribution in [0.4, 0.5) is 5.95 Å². The Morgan fingerprint density at radius 1 is 1.00 bits per heavy atom. The van der Waals surface area contributed by atoms with Crippen molar-refractivity contribution in [2.45, 2.75) is 96.7 Å². The first-order valence-electron chi connectivity index (χ1n) is 17.7. The summed E-state index contributed by atoms with van der Waals surface area (Å²) in [7, 11) is -4.12. The fraction of sp³-hybridized carbons (Fsp3) is 0.553. The van der Waals surface area contributed by atoms with Crippen molar-refractivity contribution < 1.29 is 22.7 Å². The van der Waals surface area contributed by atoms with Gasteiger partial charge < -0.3 is 19.3 Å². The minimum atomic E-state index is -4.12. The number of nitrogens with one attached hydrogen (secondary N) is 1. The van der Waals surface area contributed by atoms with Gasteiger partial charge in [-0.1, -0.05) is 38.1 Å². The lowest BCUT2D eigenvalue weighted by atomic mass is 9.59. The summed E-state index contributed by atoms with van der Waals surface area (Å²) in [6.45, 7) is 16.4. The van der Waals surface area contributed by atoms with Gasteiger partial charge in [-0.3, -0.25) is 4.79 Å². The molecule has 0 unspecified atom stereocenters. The van der Waals surface area contributed by atoms with Crippen LogP contribution in [0.2, 0.25) is 0 Å². The Balaban J connectivity index is 1.33. The monoisotopic (exact) mass is 689 g/mol. The van der Waals surface area contributed by atoms with E-state index in [0.29, 0.717) is 17.2 Å². The highest BCUT2D eigenvalue weighted by atomic mass is 32.2. The third-order valence-corrected chi connectivity index (χ3v) is 11.7. The smallest absolute Gasteiger partial charge is 0.264 e. The molecule has 1 amide bonds. The summed E-state index contributed by atoms with van der Waals surface area (Å²) in [5, 5.41) is 0. The largest absolute Gasteiger partial charge is 0.475 e. The van der Waals surface area contributed by atoms with Crippen LogP contribution in [0, 0.1) is 25.2 Å². The second kappa shape index (κ2) is 14.4. The van der Waals surface area contributed by atoms with Crippen molar-refractivity contribution in [1.29, 1.82) is 0 Å². The molecule has 10 nitrogen and oxygen atoms in total. The Labute approximate surface area is 291 Å². The molecule has 49 heavy (non-hydrogen) atoms. The molecule has 3 heterocycles. The fourth-order valence-corrected chi connectivity index (χ4v) is 8.84. The van der Waals surface area contributed by atoms with E-state index in [1.54, 1.807) is 18.2 Å². The number of carbonyl (C=O) groups excluding carboxylic acids is 1. The highest BCUT2D eigenvalue weighted by Crippen LogP contribution is 2.52. The molecule has 0 radical (unpaired) electrons. The SMILES string of the molecule is Cc1cccc(C)c1-c1cc2nc(n1)NS(=O)(=O)c1cccc(c1)C(=O)N(C1CC3(CCN(CCOC(C)C)CC3)C1)[C@H](CC(C)C)CO2. The number of hydrogen-bond donors (Lipinski definition) is 1. The van der Waals surface area contributed by atoms with Crippen molar-refractivity contribution in [3.63, 3.8) is 0 Å². The number of hydrogen-bond acceptors (Lipinski definition) is 8. The van der Waals surface area contributed by atoms with Crippen LogP contribution in [0.1, 0.15) is 81.3 Å². The van der Waals surface area contributed by atoms with Crippen molar-refractivity contribution in [3.8, 4) is 17.1 Å². The molecule has 1 aromatic heterocycles. The van der Waals surface area contributed by atoms with Crippen molar-refractivity contribution >= 4 is 21.9 Å². The summed E-state index contributed by atoms with van der Waals surface area (Å²) >= 11 is 0. The summed E-state index contributed by atoms with van der Waals surface area (Å²) in [5.41, 5.74) is 4.04. The highest BCUT2D eigenvalue weighted by molar-refractivity contribution is 7.92. The average Bonchev–Trinajstić information content (AvgIpc) is 3.02. The number of fused-ring (bicyclic) bond motifs is 4. The highest BCUT2D eigenvalue weighted by Gasteiger charge is 2.50. The molecule has 1 N–H and O–H groups in total. The van der Waals surface area contributed by atoms with Gasteiger partial charge in [0.1, 0.15) is 6.61 Å². The van der Waals surface area contributed by atoms with E-state index in [1.165, 1.54) is 12.1 Å². The molecule has 2 aromatic carbocycles. The summed E-state index contributed by atoms with van der Waals surface area (Å²) in [4.78, 5) is 28.2. The molecule has 2 fully saturated rings. The third kappa shape index (κ3) is 7.94. The summed E-state index contributed by atoms with van der Waals surface area (Å²) < 4.78 is 42.2. The maximum atomic E-state index is 14.6. The van der Waals surface area contributed by atoms with E-state index in [4.69, 9.17) is 9.47 Å². The van der Waals surface area contributed by atoms with Gasteiger partial charge in [0.05, 0.1) is 29.3 Å². The van der Waals surface area contributed by atoms with Crippen LogP contribution in [-0.2, 0) is 14.8 Å². The minimum Gasteiger partial charge on any atom is -0.475 e. The minimum absolute atomic E-state index is 0.0135. The molecule has 264 valence electrons. The predicted molar refractivity (Wildman–Crippen MR) is 191 cm³/mol. The van der Waals surface area contributed by atoms with E-state index in [-0.39, 0.29) is 52.8 Å². The fourth-order valence-electron chi connectivity index (χ4n) is 7.85. The van der Waals surface area contributed by atoms with Crippen LogP contribution < -0.4 is 9.46 Å². The number of benzene rings is 2. The number of carbonyl (C=O) groups is 1. The van der Waals surface area contributed by atoms with Crippen LogP contribution in [-0.4, -0.2) is 85.1 Å². The summed E-state index contributed by atoms with van der Waals surface area (Å²) in [5.74, 6) is 0.315. The Morgan fingerprint density at radius 2 is 1.69 bits per heavy atom. The molecule has 6 rings (SSSR count). The quantitative estimate of drug-likeness (QED) is 0.286. The molecular formula is C38H51N5O5S. The predicted octanol–water partition coefficient (Wildman–Crippen LogP) is 6.48. The molecule has 1 spiro atoms. The molecule has 4 bridgehead atoms. The third-order valence-electron chi connectivity index (χ3n) is 10.4. The molecule has 3 aliphatic rings. The molecular weight excluding hydrogens is 639 g/mol. The Bertz CT molecular complexity index is 1740. The Morgan fingerprint density at radius 3 is 2.37 bits per heavy atom. The number of aromatic nitrogens is 2. The number of likely N-dealkylation sites (tertiary alicyclic amines) is 1. The number of sulfonamides is 1. The zero-order valence-corrected chi connectivity index (χ0v) is 30.6.